The Morgan fingerprint density at radius 1 is 1.16 bits per heavy atom. The smallest absolute Gasteiger partial charge is 0.140 e. The summed E-state index contributed by atoms with van der Waals surface area (Å²) in [7, 11) is 2.03. The first kappa shape index (κ1) is 12.2. The first-order chi connectivity index (χ1) is 9.06. The van der Waals surface area contributed by atoms with E-state index in [9.17, 15) is 0 Å². The summed E-state index contributed by atoms with van der Waals surface area (Å²) in [5.74, 6) is 0.955. The summed E-state index contributed by atoms with van der Waals surface area (Å²) in [5.41, 5.74) is 10.9. The van der Waals surface area contributed by atoms with Crippen LogP contribution in [0.2, 0.25) is 0 Å². The minimum absolute atomic E-state index is 0.765. The molecule has 0 saturated heterocycles. The second-order valence-electron chi connectivity index (χ2n) is 4.71. The molecule has 1 aromatic heterocycles. The standard InChI is InChI=1S/C15H14BrN3/c1-9-7-11(16)8-13-14(9)18-15(19(13)2)10-3-5-12(17)6-4-10/h3-8H,17H2,1-2H3. The number of benzene rings is 2. The van der Waals surface area contributed by atoms with Gasteiger partial charge in [0.05, 0.1) is 11.0 Å². The Labute approximate surface area is 120 Å². The fraction of sp³-hybridized carbons (Fsp3) is 0.133. The molecular formula is C15H14BrN3. The second-order valence-corrected chi connectivity index (χ2v) is 5.62. The maximum Gasteiger partial charge on any atom is 0.140 e. The van der Waals surface area contributed by atoms with Gasteiger partial charge in [0.1, 0.15) is 5.82 Å². The van der Waals surface area contributed by atoms with E-state index in [0.29, 0.717) is 0 Å². The molecule has 19 heavy (non-hydrogen) atoms. The lowest BCUT2D eigenvalue weighted by molar-refractivity contribution is 0.959. The van der Waals surface area contributed by atoms with Gasteiger partial charge in [-0.1, -0.05) is 15.9 Å². The zero-order valence-corrected chi connectivity index (χ0v) is 12.4. The number of nitrogen functional groups attached to an aromatic ring is 1. The highest BCUT2D eigenvalue weighted by molar-refractivity contribution is 9.10. The van der Waals surface area contributed by atoms with E-state index < -0.39 is 0 Å². The third kappa shape index (κ3) is 2.02. The molecule has 3 rings (SSSR count). The molecule has 0 saturated carbocycles. The molecule has 0 amide bonds. The van der Waals surface area contributed by atoms with E-state index in [-0.39, 0.29) is 0 Å². The molecule has 2 aromatic carbocycles. The summed E-state index contributed by atoms with van der Waals surface area (Å²) in [4.78, 5) is 4.75. The predicted molar refractivity (Wildman–Crippen MR) is 83.0 cm³/mol. The van der Waals surface area contributed by atoms with Crippen LogP contribution in [0.3, 0.4) is 0 Å². The molecule has 3 aromatic rings. The highest BCUT2D eigenvalue weighted by Gasteiger charge is 2.12. The average Bonchev–Trinajstić information content (AvgIpc) is 2.69. The lowest BCUT2D eigenvalue weighted by Crippen LogP contribution is -1.93. The summed E-state index contributed by atoms with van der Waals surface area (Å²) >= 11 is 3.53. The molecule has 0 aliphatic heterocycles. The quantitative estimate of drug-likeness (QED) is 0.692. The van der Waals surface area contributed by atoms with Gasteiger partial charge in [-0.05, 0) is 48.9 Å². The van der Waals surface area contributed by atoms with E-state index in [1.54, 1.807) is 0 Å². The molecule has 3 nitrogen and oxygen atoms in total. The van der Waals surface area contributed by atoms with Crippen LogP contribution in [0.4, 0.5) is 5.69 Å². The number of aromatic nitrogens is 2. The molecule has 0 unspecified atom stereocenters. The largest absolute Gasteiger partial charge is 0.399 e. The average molecular weight is 316 g/mol. The summed E-state index contributed by atoms with van der Waals surface area (Å²) in [6, 6.07) is 12.0. The molecule has 0 bridgehead atoms. The lowest BCUT2D eigenvalue weighted by atomic mass is 10.2. The molecule has 0 spiro atoms. The Balaban J connectivity index is 2.28. The van der Waals surface area contributed by atoms with Crippen molar-refractivity contribution in [1.29, 1.82) is 0 Å². The van der Waals surface area contributed by atoms with Gasteiger partial charge in [0.15, 0.2) is 0 Å². The van der Waals surface area contributed by atoms with Crippen molar-refractivity contribution in [2.45, 2.75) is 6.92 Å². The van der Waals surface area contributed by atoms with Gasteiger partial charge in [-0.25, -0.2) is 4.98 Å². The fourth-order valence-corrected chi connectivity index (χ4v) is 2.86. The number of hydrogen-bond donors (Lipinski definition) is 1. The van der Waals surface area contributed by atoms with Crippen LogP contribution >= 0.6 is 15.9 Å². The van der Waals surface area contributed by atoms with Gasteiger partial charge in [-0.15, -0.1) is 0 Å². The molecule has 0 atom stereocenters. The van der Waals surface area contributed by atoms with Crippen LogP contribution < -0.4 is 5.73 Å². The monoisotopic (exact) mass is 315 g/mol. The Morgan fingerprint density at radius 3 is 2.53 bits per heavy atom. The van der Waals surface area contributed by atoms with Crippen LogP contribution in [0, 0.1) is 6.92 Å². The molecular weight excluding hydrogens is 302 g/mol. The number of fused-ring (bicyclic) bond motifs is 1. The van der Waals surface area contributed by atoms with Crippen LogP contribution in [0.15, 0.2) is 40.9 Å². The van der Waals surface area contributed by atoms with Gasteiger partial charge in [0.2, 0.25) is 0 Å². The zero-order chi connectivity index (χ0) is 13.6. The predicted octanol–water partition coefficient (Wildman–Crippen LogP) is 3.89. The molecule has 0 radical (unpaired) electrons. The highest BCUT2D eigenvalue weighted by atomic mass is 79.9. The van der Waals surface area contributed by atoms with Gasteiger partial charge in [-0.2, -0.15) is 0 Å². The third-order valence-corrected chi connectivity index (χ3v) is 3.77. The lowest BCUT2D eigenvalue weighted by Gasteiger charge is -2.03. The van der Waals surface area contributed by atoms with Crippen LogP contribution in [-0.2, 0) is 7.05 Å². The van der Waals surface area contributed by atoms with E-state index in [2.05, 4.69) is 39.6 Å². The summed E-state index contributed by atoms with van der Waals surface area (Å²) in [5, 5.41) is 0. The Hall–Kier alpha value is -1.81. The molecule has 0 aliphatic carbocycles. The number of halogens is 1. The van der Waals surface area contributed by atoms with E-state index in [4.69, 9.17) is 10.7 Å². The van der Waals surface area contributed by atoms with Crippen molar-refractivity contribution >= 4 is 32.7 Å². The number of hydrogen-bond acceptors (Lipinski definition) is 2. The van der Waals surface area contributed by atoms with Gasteiger partial charge in [0.25, 0.3) is 0 Å². The Morgan fingerprint density at radius 2 is 1.84 bits per heavy atom. The second kappa shape index (κ2) is 4.38. The van der Waals surface area contributed by atoms with Gasteiger partial charge >= 0.3 is 0 Å². The van der Waals surface area contributed by atoms with E-state index >= 15 is 0 Å². The third-order valence-electron chi connectivity index (χ3n) is 3.31. The van der Waals surface area contributed by atoms with Crippen molar-refractivity contribution in [2.24, 2.45) is 7.05 Å². The minimum Gasteiger partial charge on any atom is -0.399 e. The molecule has 1 heterocycles. The van der Waals surface area contributed by atoms with Gasteiger partial charge < -0.3 is 10.3 Å². The summed E-state index contributed by atoms with van der Waals surface area (Å²) < 4.78 is 3.18. The number of imidazole rings is 1. The van der Waals surface area contributed by atoms with E-state index in [1.165, 1.54) is 5.56 Å². The number of aryl methyl sites for hydroxylation is 2. The highest BCUT2D eigenvalue weighted by Crippen LogP contribution is 2.28. The van der Waals surface area contributed by atoms with Crippen molar-refractivity contribution in [3.63, 3.8) is 0 Å². The molecule has 4 heteroatoms. The van der Waals surface area contributed by atoms with Crippen molar-refractivity contribution in [2.75, 3.05) is 5.73 Å². The van der Waals surface area contributed by atoms with Crippen LogP contribution in [0.5, 0.6) is 0 Å². The van der Waals surface area contributed by atoms with E-state index in [1.807, 2.05) is 31.3 Å². The minimum atomic E-state index is 0.765. The SMILES string of the molecule is Cc1cc(Br)cc2c1nc(-c1ccc(N)cc1)n2C. The number of nitrogens with two attached hydrogens (primary N) is 1. The number of nitrogens with zero attached hydrogens (tertiary/aromatic N) is 2. The van der Waals surface area contributed by atoms with Gasteiger partial charge in [-0.3, -0.25) is 0 Å². The van der Waals surface area contributed by atoms with Crippen molar-refractivity contribution in [3.05, 3.63) is 46.4 Å². The molecule has 96 valence electrons. The topological polar surface area (TPSA) is 43.8 Å². The van der Waals surface area contributed by atoms with Crippen LogP contribution in [-0.4, -0.2) is 9.55 Å². The zero-order valence-electron chi connectivity index (χ0n) is 10.8. The number of rotatable bonds is 1. The maximum absolute atomic E-state index is 5.73. The van der Waals surface area contributed by atoms with Crippen LogP contribution in [0.1, 0.15) is 5.56 Å². The fourth-order valence-electron chi connectivity index (χ4n) is 2.30. The first-order valence-corrected chi connectivity index (χ1v) is 6.84. The van der Waals surface area contributed by atoms with Crippen molar-refractivity contribution < 1.29 is 0 Å². The summed E-state index contributed by atoms with van der Waals surface area (Å²) in [6.07, 6.45) is 0. The Kier molecular flexibility index (Phi) is 2.82. The van der Waals surface area contributed by atoms with Gasteiger partial charge in [0, 0.05) is 22.8 Å². The molecule has 0 aliphatic rings. The van der Waals surface area contributed by atoms with E-state index in [0.717, 1.165) is 32.6 Å². The summed E-state index contributed by atoms with van der Waals surface area (Å²) in [6.45, 7) is 2.08. The Bertz CT molecular complexity index is 757. The van der Waals surface area contributed by atoms with Crippen molar-refractivity contribution in [3.8, 4) is 11.4 Å². The normalized spacial score (nSPS) is 11.1. The van der Waals surface area contributed by atoms with Crippen molar-refractivity contribution in [1.82, 2.24) is 9.55 Å². The first-order valence-electron chi connectivity index (χ1n) is 6.05. The molecule has 2 N–H and O–H groups in total. The molecule has 0 fully saturated rings. The maximum atomic E-state index is 5.73. The number of anilines is 1. The van der Waals surface area contributed by atoms with Crippen LogP contribution in [0.25, 0.3) is 22.4 Å².